The fourth-order valence-electron chi connectivity index (χ4n) is 4.02. The van der Waals surface area contributed by atoms with E-state index < -0.39 is 15.4 Å². The number of hydrogen-bond donors (Lipinski definition) is 1. The van der Waals surface area contributed by atoms with Gasteiger partial charge in [0.2, 0.25) is 0 Å². The lowest BCUT2D eigenvalue weighted by Crippen LogP contribution is -2.16. The number of methoxy groups -OCH3 is 2. The first-order valence-corrected chi connectivity index (χ1v) is 13.1. The lowest BCUT2D eigenvalue weighted by atomic mass is 9.95. The van der Waals surface area contributed by atoms with Gasteiger partial charge < -0.3 is 18.7 Å². The van der Waals surface area contributed by atoms with E-state index in [2.05, 4.69) is 14.9 Å². The molecule has 1 aliphatic rings. The van der Waals surface area contributed by atoms with Gasteiger partial charge in [-0.3, -0.25) is 4.72 Å². The monoisotopic (exact) mass is 521 g/mol. The van der Waals surface area contributed by atoms with Crippen LogP contribution in [0.25, 0.3) is 11.0 Å². The summed E-state index contributed by atoms with van der Waals surface area (Å²) in [4.78, 5) is 4.18. The Morgan fingerprint density at radius 2 is 2.00 bits per heavy atom. The molecular weight excluding hydrogens is 502 g/mol. The molecule has 0 aliphatic carbocycles. The fraction of sp³-hybridized carbons (Fsp3) is 0.273. The van der Waals surface area contributed by atoms with Crippen LogP contribution in [0, 0.1) is 0 Å². The molecule has 1 atom stereocenters. The number of rotatable bonds is 7. The van der Waals surface area contributed by atoms with Gasteiger partial charge >= 0.3 is 0 Å². The highest BCUT2D eigenvalue weighted by Gasteiger charge is 2.31. The molecule has 0 saturated heterocycles. The molecule has 178 valence electrons. The van der Waals surface area contributed by atoms with Crippen molar-refractivity contribution in [2.45, 2.75) is 23.1 Å². The minimum Gasteiger partial charge on any atom is -0.495 e. The maximum atomic E-state index is 13.4. The smallest absolute Gasteiger partial charge is 0.270 e. The summed E-state index contributed by atoms with van der Waals surface area (Å²) in [5, 5.41) is 6.55. The van der Waals surface area contributed by atoms with Gasteiger partial charge in [0, 0.05) is 17.1 Å². The molecule has 0 bridgehead atoms. The molecule has 9 nitrogen and oxygen atoms in total. The number of anilines is 1. The number of aromatic nitrogens is 2. The maximum Gasteiger partial charge on any atom is 0.270 e. The van der Waals surface area contributed by atoms with E-state index in [0.717, 1.165) is 22.6 Å². The molecule has 1 N–H and O–H groups in total. The van der Waals surface area contributed by atoms with E-state index in [1.165, 1.54) is 37.7 Å². The number of alkyl halides is 1. The molecule has 1 unspecified atom stereocenters. The van der Waals surface area contributed by atoms with Crippen LogP contribution in [0.3, 0.4) is 0 Å². The number of hydrogen-bond acceptors (Lipinski definition) is 9. The van der Waals surface area contributed by atoms with Crippen molar-refractivity contribution in [2.75, 3.05) is 25.5 Å². The Bertz CT molecular complexity index is 1430. The average molecular weight is 522 g/mol. The number of nitrogens with one attached hydrogen (secondary N) is 1. The molecule has 3 heterocycles. The summed E-state index contributed by atoms with van der Waals surface area (Å²) in [7, 11) is -1.39. The molecule has 2 aromatic carbocycles. The van der Waals surface area contributed by atoms with Crippen LogP contribution in [0.2, 0.25) is 0 Å². The van der Waals surface area contributed by atoms with Crippen LogP contribution in [-0.4, -0.2) is 39.4 Å². The molecule has 12 heteroatoms. The molecule has 4 aromatic rings. The van der Waals surface area contributed by atoms with E-state index in [1.54, 1.807) is 18.3 Å². The molecule has 0 radical (unpaired) electrons. The van der Waals surface area contributed by atoms with Crippen molar-refractivity contribution in [2.24, 2.45) is 0 Å². The molecule has 5 rings (SSSR count). The van der Waals surface area contributed by atoms with Crippen LogP contribution in [0.5, 0.6) is 17.2 Å². The van der Waals surface area contributed by atoms with Crippen molar-refractivity contribution in [1.29, 1.82) is 0 Å². The first kappa shape index (κ1) is 22.8. The van der Waals surface area contributed by atoms with Crippen LogP contribution in [0.15, 0.2) is 45.3 Å². The predicted molar refractivity (Wildman–Crippen MR) is 128 cm³/mol. The zero-order valence-corrected chi connectivity index (χ0v) is 20.6. The summed E-state index contributed by atoms with van der Waals surface area (Å²) >= 11 is 8.22. The standard InChI is InChI=1S/C22H20ClN3O6S2/c1-29-14-6-3-7-15(30-2)20(14)34(27,28)26-21-17-16(32-25-21)11-13(12-5-4-9-31-19(12)17)18(23)22-24-8-10-33-22/h3,6-8,10-11,18H,4-5,9H2,1-2H3,(H,25,26). The number of halogens is 1. The van der Waals surface area contributed by atoms with Gasteiger partial charge in [0.1, 0.15) is 33.0 Å². The summed E-state index contributed by atoms with van der Waals surface area (Å²) in [5.41, 5.74) is 2.03. The van der Waals surface area contributed by atoms with Gasteiger partial charge in [0.05, 0.1) is 20.8 Å². The van der Waals surface area contributed by atoms with E-state index in [1.807, 2.05) is 5.38 Å². The Morgan fingerprint density at radius 3 is 2.68 bits per heavy atom. The first-order valence-electron chi connectivity index (χ1n) is 10.3. The molecular formula is C22H20ClN3O6S2. The molecule has 0 spiro atoms. The van der Waals surface area contributed by atoms with Crippen LogP contribution in [0.4, 0.5) is 5.82 Å². The number of fused-ring (bicyclic) bond motifs is 3. The minimum absolute atomic E-state index is 0.00744. The van der Waals surface area contributed by atoms with Crippen LogP contribution in [0.1, 0.15) is 27.9 Å². The van der Waals surface area contributed by atoms with Crippen molar-refractivity contribution in [1.82, 2.24) is 10.1 Å². The van der Waals surface area contributed by atoms with Gasteiger partial charge in [-0.2, -0.15) is 0 Å². The average Bonchev–Trinajstić information content (AvgIpc) is 3.53. The summed E-state index contributed by atoms with van der Waals surface area (Å²) < 4.78 is 51.3. The van der Waals surface area contributed by atoms with Gasteiger partial charge in [0.15, 0.2) is 16.3 Å². The first-order chi connectivity index (χ1) is 16.4. The predicted octanol–water partition coefficient (Wildman–Crippen LogP) is 4.76. The molecule has 0 amide bonds. The Morgan fingerprint density at radius 1 is 1.24 bits per heavy atom. The number of nitrogens with zero attached hydrogens (tertiary/aromatic N) is 2. The van der Waals surface area contributed by atoms with Crippen molar-refractivity contribution in [3.05, 3.63) is 52.0 Å². The zero-order valence-electron chi connectivity index (χ0n) is 18.2. The summed E-state index contributed by atoms with van der Waals surface area (Å²) in [5.74, 6) is 0.780. The molecule has 34 heavy (non-hydrogen) atoms. The minimum atomic E-state index is -4.16. The van der Waals surface area contributed by atoms with Crippen molar-refractivity contribution < 1.29 is 27.2 Å². The van der Waals surface area contributed by atoms with Crippen molar-refractivity contribution in [3.8, 4) is 17.2 Å². The number of ether oxygens (including phenoxy) is 3. The van der Waals surface area contributed by atoms with Gasteiger partial charge in [-0.05, 0) is 36.6 Å². The summed E-state index contributed by atoms with van der Waals surface area (Å²) in [6.07, 6.45) is 3.22. The largest absolute Gasteiger partial charge is 0.495 e. The number of thiazole rings is 1. The lowest BCUT2D eigenvalue weighted by molar-refractivity contribution is 0.291. The Balaban J connectivity index is 1.63. The number of benzene rings is 2. The van der Waals surface area contributed by atoms with Gasteiger partial charge in [0.25, 0.3) is 10.0 Å². The highest BCUT2D eigenvalue weighted by atomic mass is 35.5. The molecule has 2 aromatic heterocycles. The third-order valence-electron chi connectivity index (χ3n) is 5.50. The lowest BCUT2D eigenvalue weighted by Gasteiger charge is -2.22. The van der Waals surface area contributed by atoms with E-state index in [-0.39, 0.29) is 22.2 Å². The SMILES string of the molecule is COc1cccc(OC)c1S(=O)(=O)Nc1noc2cc(C(Cl)c3nccs3)c3c(c12)OCCC3. The zero-order chi connectivity index (χ0) is 23.9. The van der Waals surface area contributed by atoms with Crippen molar-refractivity contribution >= 4 is 49.7 Å². The highest BCUT2D eigenvalue weighted by Crippen LogP contribution is 2.45. The fourth-order valence-corrected chi connectivity index (χ4v) is 6.38. The van der Waals surface area contributed by atoms with Crippen LogP contribution >= 0.6 is 22.9 Å². The topological polar surface area (TPSA) is 113 Å². The van der Waals surface area contributed by atoms with Crippen molar-refractivity contribution in [3.63, 3.8) is 0 Å². The van der Waals surface area contributed by atoms with E-state index in [4.69, 9.17) is 30.3 Å². The summed E-state index contributed by atoms with van der Waals surface area (Å²) in [6.45, 7) is 0.480. The van der Waals surface area contributed by atoms with E-state index >= 15 is 0 Å². The molecule has 0 saturated carbocycles. The Labute approximate surface area is 204 Å². The number of sulfonamides is 1. The second-order valence-electron chi connectivity index (χ2n) is 7.46. The normalized spacial score (nSPS) is 14.3. The third-order valence-corrected chi connectivity index (χ3v) is 8.31. The molecule has 0 fully saturated rings. The third kappa shape index (κ3) is 3.83. The highest BCUT2D eigenvalue weighted by molar-refractivity contribution is 7.93. The molecule has 1 aliphatic heterocycles. The van der Waals surface area contributed by atoms with E-state index in [0.29, 0.717) is 29.7 Å². The summed E-state index contributed by atoms with van der Waals surface area (Å²) in [6, 6.07) is 6.48. The quantitative estimate of drug-likeness (QED) is 0.346. The second kappa shape index (κ2) is 8.97. The van der Waals surface area contributed by atoms with Gasteiger partial charge in [-0.25, -0.2) is 13.4 Å². The second-order valence-corrected chi connectivity index (χ2v) is 10.4. The van der Waals surface area contributed by atoms with Gasteiger partial charge in [-0.1, -0.05) is 11.2 Å². The Kier molecular flexibility index (Phi) is 6.00. The van der Waals surface area contributed by atoms with Crippen LogP contribution < -0.4 is 18.9 Å². The van der Waals surface area contributed by atoms with Crippen LogP contribution in [-0.2, 0) is 16.4 Å². The maximum absolute atomic E-state index is 13.4. The van der Waals surface area contributed by atoms with E-state index in [9.17, 15) is 8.42 Å². The Hall–Kier alpha value is -3.02. The van der Waals surface area contributed by atoms with Gasteiger partial charge in [-0.15, -0.1) is 22.9 Å².